The lowest BCUT2D eigenvalue weighted by Gasteiger charge is -2.16. The van der Waals surface area contributed by atoms with Gasteiger partial charge >= 0.3 is 0 Å². The monoisotopic (exact) mass is 335 g/mol. The number of benzene rings is 1. The van der Waals surface area contributed by atoms with E-state index in [1.165, 1.54) is 16.7 Å². The molecule has 4 heteroatoms. The molecule has 3 nitrogen and oxygen atoms in total. The van der Waals surface area contributed by atoms with Crippen molar-refractivity contribution in [3.05, 3.63) is 50.8 Å². The Balaban J connectivity index is 2.27. The molecule has 0 fully saturated rings. The predicted octanol–water partition coefficient (Wildman–Crippen LogP) is 3.60. The molecular weight excluding hydrogens is 314 g/mol. The minimum atomic E-state index is -0.00740. The van der Waals surface area contributed by atoms with E-state index in [0.29, 0.717) is 0 Å². The van der Waals surface area contributed by atoms with Crippen LogP contribution in [-0.4, -0.2) is 9.78 Å². The fraction of sp³-hybridized carbons (Fsp3) is 0.438. The first-order valence-corrected chi connectivity index (χ1v) is 7.76. The van der Waals surface area contributed by atoms with Gasteiger partial charge in [0, 0.05) is 19.5 Å². The summed E-state index contributed by atoms with van der Waals surface area (Å²) in [6.07, 6.45) is 1.71. The summed E-state index contributed by atoms with van der Waals surface area (Å²) >= 11 is 3.65. The molecule has 0 saturated heterocycles. The maximum absolute atomic E-state index is 6.40. The Kier molecular flexibility index (Phi) is 4.66. The topological polar surface area (TPSA) is 43.8 Å². The zero-order valence-corrected chi connectivity index (χ0v) is 14.2. The van der Waals surface area contributed by atoms with E-state index in [-0.39, 0.29) is 6.04 Å². The van der Waals surface area contributed by atoms with Gasteiger partial charge in [-0.15, -0.1) is 0 Å². The van der Waals surface area contributed by atoms with Crippen LogP contribution < -0.4 is 5.73 Å². The van der Waals surface area contributed by atoms with E-state index in [1.807, 2.05) is 11.7 Å². The third-order valence-corrected chi connectivity index (χ3v) is 4.66. The number of aryl methyl sites for hydroxylation is 4. The third kappa shape index (κ3) is 2.96. The summed E-state index contributed by atoms with van der Waals surface area (Å²) in [5.74, 6) is 0. The first-order valence-electron chi connectivity index (χ1n) is 6.97. The molecule has 0 bridgehead atoms. The van der Waals surface area contributed by atoms with E-state index in [2.05, 4.69) is 60.0 Å². The zero-order chi connectivity index (χ0) is 14.9. The maximum Gasteiger partial charge on any atom is 0.0766 e. The number of aromatic nitrogens is 2. The van der Waals surface area contributed by atoms with Gasteiger partial charge in [0.2, 0.25) is 0 Å². The number of halogens is 1. The lowest BCUT2D eigenvalue weighted by atomic mass is 9.96. The van der Waals surface area contributed by atoms with E-state index >= 15 is 0 Å². The molecule has 20 heavy (non-hydrogen) atoms. The Morgan fingerprint density at radius 2 is 2.05 bits per heavy atom. The summed E-state index contributed by atoms with van der Waals surface area (Å²) in [7, 11) is 1.98. The van der Waals surface area contributed by atoms with Crippen molar-refractivity contribution in [2.75, 3.05) is 0 Å². The summed E-state index contributed by atoms with van der Waals surface area (Å²) in [5.41, 5.74) is 12.4. The van der Waals surface area contributed by atoms with E-state index < -0.39 is 0 Å². The van der Waals surface area contributed by atoms with E-state index in [9.17, 15) is 0 Å². The predicted molar refractivity (Wildman–Crippen MR) is 86.8 cm³/mol. The minimum Gasteiger partial charge on any atom is -0.324 e. The molecular formula is C16H22BrN3. The zero-order valence-electron chi connectivity index (χ0n) is 12.6. The molecule has 0 aliphatic rings. The highest BCUT2D eigenvalue weighted by atomic mass is 79.9. The smallest absolute Gasteiger partial charge is 0.0766 e. The number of nitrogens with zero attached hydrogens (tertiary/aromatic N) is 2. The van der Waals surface area contributed by atoms with Gasteiger partial charge in [0.15, 0.2) is 0 Å². The van der Waals surface area contributed by atoms with Crippen molar-refractivity contribution in [2.45, 2.75) is 39.7 Å². The SMILES string of the molecule is CCc1nn(C)c(CC(N)c2ccc(C)cc2C)c1Br. The van der Waals surface area contributed by atoms with Crippen LogP contribution in [0.5, 0.6) is 0 Å². The van der Waals surface area contributed by atoms with Crippen molar-refractivity contribution in [1.82, 2.24) is 9.78 Å². The molecule has 0 spiro atoms. The van der Waals surface area contributed by atoms with Gasteiger partial charge in [0.25, 0.3) is 0 Å². The van der Waals surface area contributed by atoms with Crippen LogP contribution in [-0.2, 0) is 19.9 Å². The van der Waals surface area contributed by atoms with Crippen molar-refractivity contribution < 1.29 is 0 Å². The van der Waals surface area contributed by atoms with Gasteiger partial charge in [-0.1, -0.05) is 30.7 Å². The standard InChI is InChI=1S/C16H22BrN3/c1-5-14-16(17)15(20(4)19-14)9-13(18)12-7-6-10(2)8-11(12)3/h6-8,13H,5,9,18H2,1-4H3. The lowest BCUT2D eigenvalue weighted by Crippen LogP contribution is -2.17. The van der Waals surface area contributed by atoms with Gasteiger partial charge in [-0.3, -0.25) is 4.68 Å². The molecule has 2 N–H and O–H groups in total. The fourth-order valence-corrected chi connectivity index (χ4v) is 3.38. The van der Waals surface area contributed by atoms with Gasteiger partial charge in [-0.25, -0.2) is 0 Å². The number of rotatable bonds is 4. The molecule has 0 amide bonds. The summed E-state index contributed by atoms with van der Waals surface area (Å²) in [4.78, 5) is 0. The van der Waals surface area contributed by atoms with E-state index in [1.54, 1.807) is 0 Å². The summed E-state index contributed by atoms with van der Waals surface area (Å²) in [6, 6.07) is 6.44. The second-order valence-corrected chi connectivity index (χ2v) is 6.15. The summed E-state index contributed by atoms with van der Waals surface area (Å²) < 4.78 is 3.04. The number of nitrogens with two attached hydrogens (primary N) is 1. The second kappa shape index (κ2) is 6.10. The quantitative estimate of drug-likeness (QED) is 0.927. The van der Waals surface area contributed by atoms with Crippen LogP contribution in [0.15, 0.2) is 22.7 Å². The van der Waals surface area contributed by atoms with Crippen molar-refractivity contribution in [3.63, 3.8) is 0 Å². The van der Waals surface area contributed by atoms with Crippen LogP contribution in [0.3, 0.4) is 0 Å². The molecule has 1 unspecified atom stereocenters. The van der Waals surface area contributed by atoms with Crippen molar-refractivity contribution >= 4 is 15.9 Å². The van der Waals surface area contributed by atoms with E-state index in [4.69, 9.17) is 5.73 Å². The Bertz CT molecular complexity index is 616. The van der Waals surface area contributed by atoms with Gasteiger partial charge in [0.05, 0.1) is 15.9 Å². The largest absolute Gasteiger partial charge is 0.324 e. The minimum absolute atomic E-state index is 0.00740. The molecule has 108 valence electrons. The van der Waals surface area contributed by atoms with Crippen molar-refractivity contribution in [1.29, 1.82) is 0 Å². The van der Waals surface area contributed by atoms with E-state index in [0.717, 1.165) is 28.7 Å². The van der Waals surface area contributed by atoms with Crippen LogP contribution in [0.25, 0.3) is 0 Å². The Morgan fingerprint density at radius 1 is 1.35 bits per heavy atom. The molecule has 0 radical (unpaired) electrons. The van der Waals surface area contributed by atoms with Crippen LogP contribution in [0.1, 0.15) is 41.0 Å². The van der Waals surface area contributed by atoms with Crippen LogP contribution >= 0.6 is 15.9 Å². The van der Waals surface area contributed by atoms with Gasteiger partial charge < -0.3 is 5.73 Å². The second-order valence-electron chi connectivity index (χ2n) is 5.36. The Hall–Kier alpha value is -1.13. The highest BCUT2D eigenvalue weighted by molar-refractivity contribution is 9.10. The average molecular weight is 336 g/mol. The molecule has 1 atom stereocenters. The van der Waals surface area contributed by atoms with Crippen LogP contribution in [0, 0.1) is 13.8 Å². The summed E-state index contributed by atoms with van der Waals surface area (Å²) in [6.45, 7) is 6.34. The molecule has 0 aliphatic heterocycles. The van der Waals surface area contributed by atoms with Crippen molar-refractivity contribution in [2.24, 2.45) is 12.8 Å². The number of hydrogen-bond donors (Lipinski definition) is 1. The molecule has 1 aromatic heterocycles. The van der Waals surface area contributed by atoms with Gasteiger partial charge in [-0.2, -0.15) is 5.10 Å². The normalized spacial score (nSPS) is 12.7. The van der Waals surface area contributed by atoms with Gasteiger partial charge in [-0.05, 0) is 47.3 Å². The molecule has 0 aliphatic carbocycles. The van der Waals surface area contributed by atoms with Crippen molar-refractivity contribution in [3.8, 4) is 0 Å². The fourth-order valence-electron chi connectivity index (χ4n) is 2.60. The van der Waals surface area contributed by atoms with Gasteiger partial charge in [0.1, 0.15) is 0 Å². The number of hydrogen-bond acceptors (Lipinski definition) is 2. The highest BCUT2D eigenvalue weighted by Crippen LogP contribution is 2.27. The molecule has 0 saturated carbocycles. The van der Waals surface area contributed by atoms with Crippen LogP contribution in [0.4, 0.5) is 0 Å². The molecule has 2 rings (SSSR count). The Labute approximate surface area is 129 Å². The lowest BCUT2D eigenvalue weighted by molar-refractivity contribution is 0.635. The van der Waals surface area contributed by atoms with Crippen LogP contribution in [0.2, 0.25) is 0 Å². The maximum atomic E-state index is 6.40. The molecule has 2 aromatic rings. The first-order chi connectivity index (χ1) is 9.43. The average Bonchev–Trinajstić information content (AvgIpc) is 2.66. The summed E-state index contributed by atoms with van der Waals surface area (Å²) in [5, 5.41) is 4.53. The third-order valence-electron chi connectivity index (χ3n) is 3.74. The highest BCUT2D eigenvalue weighted by Gasteiger charge is 2.17. The molecule has 1 aromatic carbocycles. The molecule has 1 heterocycles. The Morgan fingerprint density at radius 3 is 2.60 bits per heavy atom. The first kappa shape index (κ1) is 15.3.